The standard InChI is InChI=1S/C13H11ClFN3O/c1-8-6-11(18-13(14)17-8)12(19)16-7-9-4-2-3-5-10(9)15/h2-6H,7H2,1H3,(H,16,19). The smallest absolute Gasteiger partial charge is 0.270 e. The zero-order valence-corrected chi connectivity index (χ0v) is 10.9. The first-order valence-electron chi connectivity index (χ1n) is 5.59. The van der Waals surface area contributed by atoms with Crippen molar-refractivity contribution in [3.8, 4) is 0 Å². The maximum Gasteiger partial charge on any atom is 0.270 e. The van der Waals surface area contributed by atoms with Crippen molar-refractivity contribution in [3.05, 3.63) is 58.4 Å². The van der Waals surface area contributed by atoms with E-state index in [0.717, 1.165) is 0 Å². The lowest BCUT2D eigenvalue weighted by atomic mass is 10.2. The first-order chi connectivity index (χ1) is 9.06. The van der Waals surface area contributed by atoms with E-state index in [1.807, 2.05) is 0 Å². The molecule has 0 radical (unpaired) electrons. The number of rotatable bonds is 3. The van der Waals surface area contributed by atoms with Gasteiger partial charge in [0, 0.05) is 17.8 Å². The molecule has 2 aromatic rings. The topological polar surface area (TPSA) is 54.9 Å². The summed E-state index contributed by atoms with van der Waals surface area (Å²) < 4.78 is 13.4. The van der Waals surface area contributed by atoms with E-state index in [1.54, 1.807) is 25.1 Å². The number of carbonyl (C=O) groups excluding carboxylic acids is 1. The molecule has 6 heteroatoms. The number of benzene rings is 1. The molecule has 0 saturated carbocycles. The Morgan fingerprint density at radius 2 is 2.11 bits per heavy atom. The van der Waals surface area contributed by atoms with Crippen LogP contribution in [0.25, 0.3) is 0 Å². The summed E-state index contributed by atoms with van der Waals surface area (Å²) in [6, 6.07) is 7.76. The van der Waals surface area contributed by atoms with Crippen LogP contribution >= 0.6 is 11.6 Å². The van der Waals surface area contributed by atoms with Crippen LogP contribution in [0.15, 0.2) is 30.3 Å². The number of nitrogens with zero attached hydrogens (tertiary/aromatic N) is 2. The van der Waals surface area contributed by atoms with Gasteiger partial charge in [-0.05, 0) is 30.7 Å². The first-order valence-corrected chi connectivity index (χ1v) is 5.97. The third kappa shape index (κ3) is 3.48. The molecule has 0 unspecified atom stereocenters. The van der Waals surface area contributed by atoms with E-state index in [0.29, 0.717) is 11.3 Å². The Morgan fingerprint density at radius 1 is 1.37 bits per heavy atom. The molecule has 1 amide bonds. The summed E-state index contributed by atoms with van der Waals surface area (Å²) in [4.78, 5) is 19.5. The van der Waals surface area contributed by atoms with E-state index in [9.17, 15) is 9.18 Å². The average Bonchev–Trinajstić information content (AvgIpc) is 2.36. The number of hydrogen-bond acceptors (Lipinski definition) is 3. The molecular formula is C13H11ClFN3O. The molecule has 4 nitrogen and oxygen atoms in total. The average molecular weight is 280 g/mol. The van der Waals surface area contributed by atoms with Crippen LogP contribution in [0.2, 0.25) is 5.28 Å². The molecule has 2 rings (SSSR count). The van der Waals surface area contributed by atoms with Crippen molar-refractivity contribution in [2.75, 3.05) is 0 Å². The Morgan fingerprint density at radius 3 is 2.79 bits per heavy atom. The second-order valence-corrected chi connectivity index (χ2v) is 4.28. The normalized spacial score (nSPS) is 10.3. The highest BCUT2D eigenvalue weighted by atomic mass is 35.5. The molecule has 1 aromatic carbocycles. The van der Waals surface area contributed by atoms with Crippen molar-refractivity contribution in [2.24, 2.45) is 0 Å². The van der Waals surface area contributed by atoms with Gasteiger partial charge in [0.2, 0.25) is 5.28 Å². The van der Waals surface area contributed by atoms with Crippen LogP contribution in [-0.4, -0.2) is 15.9 Å². The Kier molecular flexibility index (Phi) is 4.06. The fourth-order valence-electron chi connectivity index (χ4n) is 1.56. The molecule has 1 aromatic heterocycles. The molecule has 0 bridgehead atoms. The van der Waals surface area contributed by atoms with Gasteiger partial charge >= 0.3 is 0 Å². The third-order valence-electron chi connectivity index (χ3n) is 2.46. The van der Waals surface area contributed by atoms with Gasteiger partial charge < -0.3 is 5.32 Å². The molecule has 98 valence electrons. The van der Waals surface area contributed by atoms with E-state index in [-0.39, 0.29) is 23.3 Å². The van der Waals surface area contributed by atoms with E-state index in [4.69, 9.17) is 11.6 Å². The lowest BCUT2D eigenvalue weighted by Crippen LogP contribution is -2.24. The molecule has 0 fully saturated rings. The maximum atomic E-state index is 13.4. The lowest BCUT2D eigenvalue weighted by Gasteiger charge is -2.06. The molecule has 0 aliphatic carbocycles. The highest BCUT2D eigenvalue weighted by molar-refractivity contribution is 6.28. The minimum Gasteiger partial charge on any atom is -0.347 e. The van der Waals surface area contributed by atoms with Crippen LogP contribution in [0.5, 0.6) is 0 Å². The van der Waals surface area contributed by atoms with Crippen molar-refractivity contribution < 1.29 is 9.18 Å². The minimum atomic E-state index is -0.421. The lowest BCUT2D eigenvalue weighted by molar-refractivity contribution is 0.0945. The minimum absolute atomic E-state index is 0.0102. The molecule has 0 aliphatic heterocycles. The number of aromatic nitrogens is 2. The highest BCUT2D eigenvalue weighted by Gasteiger charge is 2.10. The first kappa shape index (κ1) is 13.4. The second kappa shape index (κ2) is 5.75. The van der Waals surface area contributed by atoms with E-state index in [2.05, 4.69) is 15.3 Å². The van der Waals surface area contributed by atoms with Crippen molar-refractivity contribution in [2.45, 2.75) is 13.5 Å². The second-order valence-electron chi connectivity index (χ2n) is 3.94. The van der Waals surface area contributed by atoms with Crippen LogP contribution in [0.4, 0.5) is 4.39 Å². The third-order valence-corrected chi connectivity index (χ3v) is 2.63. The number of hydrogen-bond donors (Lipinski definition) is 1. The van der Waals surface area contributed by atoms with Crippen molar-refractivity contribution >= 4 is 17.5 Å². The van der Waals surface area contributed by atoms with Gasteiger partial charge in [-0.25, -0.2) is 14.4 Å². The van der Waals surface area contributed by atoms with Crippen LogP contribution < -0.4 is 5.32 Å². The predicted molar refractivity (Wildman–Crippen MR) is 69.3 cm³/mol. The quantitative estimate of drug-likeness (QED) is 0.879. The Balaban J connectivity index is 2.08. The molecule has 0 aliphatic rings. The van der Waals surface area contributed by atoms with E-state index >= 15 is 0 Å². The van der Waals surface area contributed by atoms with Gasteiger partial charge in [-0.15, -0.1) is 0 Å². The molecule has 0 saturated heterocycles. The summed E-state index contributed by atoms with van der Waals surface area (Å²) in [6.45, 7) is 1.80. The predicted octanol–water partition coefficient (Wildman–Crippen LogP) is 2.51. The largest absolute Gasteiger partial charge is 0.347 e. The number of nitrogens with one attached hydrogen (secondary N) is 1. The maximum absolute atomic E-state index is 13.4. The summed E-state index contributed by atoms with van der Waals surface area (Å²) in [7, 11) is 0. The molecule has 0 spiro atoms. The molecule has 0 atom stereocenters. The monoisotopic (exact) mass is 279 g/mol. The van der Waals surface area contributed by atoms with Crippen LogP contribution in [-0.2, 0) is 6.54 Å². The molecule has 1 heterocycles. The van der Waals surface area contributed by atoms with E-state index < -0.39 is 5.91 Å². The zero-order chi connectivity index (χ0) is 13.8. The van der Waals surface area contributed by atoms with Crippen LogP contribution in [0.1, 0.15) is 21.7 Å². The summed E-state index contributed by atoms with van der Waals surface area (Å²) in [6.07, 6.45) is 0. The van der Waals surface area contributed by atoms with Gasteiger partial charge in [0.05, 0.1) is 0 Å². The number of carbonyl (C=O) groups is 1. The number of amides is 1. The fourth-order valence-corrected chi connectivity index (χ4v) is 1.78. The molecule has 19 heavy (non-hydrogen) atoms. The van der Waals surface area contributed by atoms with E-state index in [1.165, 1.54) is 12.1 Å². The number of aryl methyl sites for hydroxylation is 1. The van der Waals surface area contributed by atoms with Gasteiger partial charge in [-0.2, -0.15) is 0 Å². The highest BCUT2D eigenvalue weighted by Crippen LogP contribution is 2.08. The van der Waals surface area contributed by atoms with Crippen molar-refractivity contribution in [1.29, 1.82) is 0 Å². The Labute approximate surface area is 114 Å². The van der Waals surface area contributed by atoms with Crippen molar-refractivity contribution in [1.82, 2.24) is 15.3 Å². The van der Waals surface area contributed by atoms with Crippen molar-refractivity contribution in [3.63, 3.8) is 0 Å². The Bertz CT molecular complexity index is 598. The van der Waals surface area contributed by atoms with Gasteiger partial charge in [-0.3, -0.25) is 4.79 Å². The fraction of sp³-hybridized carbons (Fsp3) is 0.154. The summed E-state index contributed by atoms with van der Waals surface area (Å²) in [5.41, 5.74) is 1.16. The summed E-state index contributed by atoms with van der Waals surface area (Å²) in [5.74, 6) is -0.782. The number of halogens is 2. The van der Waals surface area contributed by atoms with Crippen LogP contribution in [0, 0.1) is 12.7 Å². The van der Waals surface area contributed by atoms with Gasteiger partial charge in [-0.1, -0.05) is 18.2 Å². The van der Waals surface area contributed by atoms with Gasteiger partial charge in [0.1, 0.15) is 11.5 Å². The van der Waals surface area contributed by atoms with Gasteiger partial charge in [0.15, 0.2) is 0 Å². The molecular weight excluding hydrogens is 269 g/mol. The van der Waals surface area contributed by atoms with Gasteiger partial charge in [0.25, 0.3) is 5.91 Å². The Hall–Kier alpha value is -2.01. The summed E-state index contributed by atoms with van der Waals surface area (Å²) >= 11 is 5.67. The SMILES string of the molecule is Cc1cc(C(=O)NCc2ccccc2F)nc(Cl)n1. The van der Waals surface area contributed by atoms with Crippen LogP contribution in [0.3, 0.4) is 0 Å². The zero-order valence-electron chi connectivity index (χ0n) is 10.2. The summed E-state index contributed by atoms with van der Waals surface area (Å²) in [5, 5.41) is 2.59. The molecule has 1 N–H and O–H groups in total.